The summed E-state index contributed by atoms with van der Waals surface area (Å²) in [5, 5.41) is 3.45. The summed E-state index contributed by atoms with van der Waals surface area (Å²) in [5.74, 6) is 0.695. The second-order valence-electron chi connectivity index (χ2n) is 5.88. The van der Waals surface area contributed by atoms with Gasteiger partial charge in [-0.3, -0.25) is 0 Å². The van der Waals surface area contributed by atoms with Gasteiger partial charge in [-0.2, -0.15) is 0 Å². The fraction of sp³-hybridized carbons (Fsp3) is 0.688. The van der Waals surface area contributed by atoms with E-state index < -0.39 is 0 Å². The lowest BCUT2D eigenvalue weighted by Gasteiger charge is -2.20. The third-order valence-corrected chi connectivity index (χ3v) is 2.82. The fourth-order valence-electron chi connectivity index (χ4n) is 1.81. The Morgan fingerprint density at radius 3 is 2.70 bits per heavy atom. The molecule has 0 aliphatic heterocycles. The predicted molar refractivity (Wildman–Crippen MR) is 82.1 cm³/mol. The summed E-state index contributed by atoms with van der Waals surface area (Å²) in [6.45, 7) is 12.5. The Bertz CT molecular complexity index is 388. The number of ether oxygens (including phenoxy) is 2. The third-order valence-electron chi connectivity index (χ3n) is 2.82. The first-order valence-electron chi connectivity index (χ1n) is 7.39. The molecule has 114 valence electrons. The van der Waals surface area contributed by atoms with E-state index in [1.807, 2.05) is 26.8 Å². The molecule has 0 saturated heterocycles. The number of aromatic nitrogens is 1. The summed E-state index contributed by atoms with van der Waals surface area (Å²) in [6.07, 6.45) is 2.87. The van der Waals surface area contributed by atoms with Gasteiger partial charge in [0.2, 0.25) is 5.88 Å². The standard InChI is InChI=1S/C16H28N2O2/c1-6-9-17-13(2)14-8-7-10-18-15(14)19-11-12-20-16(3,4)5/h7-8,10,13,17H,6,9,11-12H2,1-5H3. The number of rotatable bonds is 8. The van der Waals surface area contributed by atoms with Crippen molar-refractivity contribution in [1.29, 1.82) is 0 Å². The molecule has 4 heteroatoms. The van der Waals surface area contributed by atoms with Gasteiger partial charge in [0.15, 0.2) is 0 Å². The maximum atomic E-state index is 5.76. The van der Waals surface area contributed by atoms with Crippen LogP contribution in [0.2, 0.25) is 0 Å². The maximum absolute atomic E-state index is 5.76. The van der Waals surface area contributed by atoms with Gasteiger partial charge >= 0.3 is 0 Å². The van der Waals surface area contributed by atoms with Crippen LogP contribution in [0.15, 0.2) is 18.3 Å². The van der Waals surface area contributed by atoms with E-state index in [0.29, 0.717) is 19.1 Å². The molecule has 1 rings (SSSR count). The number of nitrogens with one attached hydrogen (secondary N) is 1. The third kappa shape index (κ3) is 6.35. The first-order chi connectivity index (χ1) is 9.44. The fourth-order valence-corrected chi connectivity index (χ4v) is 1.81. The molecule has 0 aromatic carbocycles. The summed E-state index contributed by atoms with van der Waals surface area (Å²) in [5.41, 5.74) is 0.962. The van der Waals surface area contributed by atoms with Gasteiger partial charge in [-0.05, 0) is 46.7 Å². The van der Waals surface area contributed by atoms with Crippen molar-refractivity contribution in [3.8, 4) is 5.88 Å². The SMILES string of the molecule is CCCNC(C)c1cccnc1OCCOC(C)(C)C. The van der Waals surface area contributed by atoms with Crippen LogP contribution in [0.1, 0.15) is 52.6 Å². The van der Waals surface area contributed by atoms with Gasteiger partial charge in [0, 0.05) is 17.8 Å². The van der Waals surface area contributed by atoms with E-state index in [4.69, 9.17) is 9.47 Å². The van der Waals surface area contributed by atoms with Gasteiger partial charge in [0.1, 0.15) is 6.61 Å². The molecule has 1 unspecified atom stereocenters. The molecule has 1 heterocycles. The largest absolute Gasteiger partial charge is 0.475 e. The highest BCUT2D eigenvalue weighted by molar-refractivity contribution is 5.28. The summed E-state index contributed by atoms with van der Waals surface area (Å²) >= 11 is 0. The molecule has 0 bridgehead atoms. The molecule has 0 aliphatic carbocycles. The van der Waals surface area contributed by atoms with Gasteiger partial charge in [-0.15, -0.1) is 0 Å². The Labute approximate surface area is 122 Å². The Balaban J connectivity index is 2.52. The van der Waals surface area contributed by atoms with Crippen molar-refractivity contribution in [3.63, 3.8) is 0 Å². The van der Waals surface area contributed by atoms with E-state index in [-0.39, 0.29) is 11.6 Å². The first kappa shape index (κ1) is 16.9. The normalized spacial score (nSPS) is 13.2. The highest BCUT2D eigenvalue weighted by Gasteiger charge is 2.13. The van der Waals surface area contributed by atoms with Gasteiger partial charge in [0.05, 0.1) is 12.2 Å². The first-order valence-corrected chi connectivity index (χ1v) is 7.39. The van der Waals surface area contributed by atoms with Crippen molar-refractivity contribution in [2.45, 2.75) is 52.7 Å². The van der Waals surface area contributed by atoms with E-state index in [9.17, 15) is 0 Å². The van der Waals surface area contributed by atoms with Gasteiger partial charge in [0.25, 0.3) is 0 Å². The van der Waals surface area contributed by atoms with Crippen molar-refractivity contribution in [3.05, 3.63) is 23.9 Å². The lowest BCUT2D eigenvalue weighted by atomic mass is 10.1. The molecule has 0 spiro atoms. The van der Waals surface area contributed by atoms with Gasteiger partial charge in [-0.1, -0.05) is 13.0 Å². The Hall–Kier alpha value is -1.13. The molecule has 1 N–H and O–H groups in total. The molecular weight excluding hydrogens is 252 g/mol. The molecule has 0 amide bonds. The molecule has 0 saturated carbocycles. The molecule has 0 radical (unpaired) electrons. The van der Waals surface area contributed by atoms with Crippen molar-refractivity contribution in [1.82, 2.24) is 10.3 Å². The van der Waals surface area contributed by atoms with Crippen molar-refractivity contribution in [2.24, 2.45) is 0 Å². The van der Waals surface area contributed by atoms with E-state index >= 15 is 0 Å². The predicted octanol–water partition coefficient (Wildman–Crippen LogP) is 3.34. The zero-order chi connectivity index (χ0) is 15.0. The second kappa shape index (κ2) is 8.22. The van der Waals surface area contributed by atoms with Crippen molar-refractivity contribution in [2.75, 3.05) is 19.8 Å². The summed E-state index contributed by atoms with van der Waals surface area (Å²) < 4.78 is 11.4. The Morgan fingerprint density at radius 2 is 2.05 bits per heavy atom. The lowest BCUT2D eigenvalue weighted by Crippen LogP contribution is -2.23. The lowest BCUT2D eigenvalue weighted by molar-refractivity contribution is -0.0169. The molecule has 0 aliphatic rings. The molecule has 1 atom stereocenters. The highest BCUT2D eigenvalue weighted by Crippen LogP contribution is 2.22. The van der Waals surface area contributed by atoms with E-state index in [2.05, 4.69) is 30.2 Å². The van der Waals surface area contributed by atoms with Crippen LogP contribution in [0.5, 0.6) is 5.88 Å². The minimum atomic E-state index is -0.133. The topological polar surface area (TPSA) is 43.4 Å². The summed E-state index contributed by atoms with van der Waals surface area (Å²) in [6, 6.07) is 4.24. The average Bonchev–Trinajstić information content (AvgIpc) is 2.40. The van der Waals surface area contributed by atoms with Crippen molar-refractivity contribution >= 4 is 0 Å². The Morgan fingerprint density at radius 1 is 1.30 bits per heavy atom. The molecular formula is C16H28N2O2. The number of hydrogen-bond donors (Lipinski definition) is 1. The van der Waals surface area contributed by atoms with E-state index in [1.54, 1.807) is 6.20 Å². The minimum Gasteiger partial charge on any atom is -0.475 e. The highest BCUT2D eigenvalue weighted by atomic mass is 16.5. The molecule has 0 fully saturated rings. The monoisotopic (exact) mass is 280 g/mol. The number of pyridine rings is 1. The van der Waals surface area contributed by atoms with Crippen LogP contribution in [0.3, 0.4) is 0 Å². The second-order valence-corrected chi connectivity index (χ2v) is 5.88. The Kier molecular flexibility index (Phi) is 6.96. The van der Waals surface area contributed by atoms with Crippen molar-refractivity contribution < 1.29 is 9.47 Å². The molecule has 20 heavy (non-hydrogen) atoms. The molecule has 1 aromatic heterocycles. The van der Waals surface area contributed by atoms with Crippen LogP contribution in [0.25, 0.3) is 0 Å². The van der Waals surface area contributed by atoms with Crippen LogP contribution in [0.4, 0.5) is 0 Å². The van der Waals surface area contributed by atoms with E-state index in [1.165, 1.54) is 0 Å². The van der Waals surface area contributed by atoms with Crippen LogP contribution in [-0.4, -0.2) is 30.3 Å². The van der Waals surface area contributed by atoms with Crippen LogP contribution in [0, 0.1) is 0 Å². The zero-order valence-electron chi connectivity index (χ0n) is 13.4. The smallest absolute Gasteiger partial charge is 0.218 e. The van der Waals surface area contributed by atoms with Crippen LogP contribution < -0.4 is 10.1 Å². The molecule has 1 aromatic rings. The molecule has 4 nitrogen and oxygen atoms in total. The quantitative estimate of drug-likeness (QED) is 0.742. The maximum Gasteiger partial charge on any atom is 0.218 e. The van der Waals surface area contributed by atoms with Crippen LogP contribution >= 0.6 is 0 Å². The summed E-state index contributed by atoms with van der Waals surface area (Å²) in [4.78, 5) is 4.32. The number of hydrogen-bond acceptors (Lipinski definition) is 4. The average molecular weight is 280 g/mol. The van der Waals surface area contributed by atoms with Crippen LogP contribution in [-0.2, 0) is 4.74 Å². The van der Waals surface area contributed by atoms with Gasteiger partial charge < -0.3 is 14.8 Å². The van der Waals surface area contributed by atoms with E-state index in [0.717, 1.165) is 18.5 Å². The number of nitrogens with zero attached hydrogens (tertiary/aromatic N) is 1. The zero-order valence-corrected chi connectivity index (χ0v) is 13.4. The van der Waals surface area contributed by atoms with Gasteiger partial charge in [-0.25, -0.2) is 4.98 Å². The summed E-state index contributed by atoms with van der Waals surface area (Å²) in [7, 11) is 0. The minimum absolute atomic E-state index is 0.133.